The number of fused-ring (bicyclic) bond motifs is 1. The van der Waals surface area contributed by atoms with Crippen LogP contribution in [0.3, 0.4) is 0 Å². The number of carbonyl (C=O) groups is 1. The topological polar surface area (TPSA) is 31.2 Å². The lowest BCUT2D eigenvalue weighted by Crippen LogP contribution is -1.99. The predicted octanol–water partition coefficient (Wildman–Crippen LogP) is 2.61. The predicted molar refractivity (Wildman–Crippen MR) is 64.3 cm³/mol. The van der Waals surface area contributed by atoms with Crippen LogP contribution in [0.5, 0.6) is 0 Å². The lowest BCUT2D eigenvalue weighted by molar-refractivity contribution is 0.0603. The number of ether oxygens (including phenoxy) is 1. The van der Waals surface area contributed by atoms with E-state index in [0.717, 1.165) is 16.5 Å². The fraction of sp³-hybridized carbons (Fsp3) is 0.154. The van der Waals surface area contributed by atoms with Crippen molar-refractivity contribution in [3.63, 3.8) is 0 Å². The normalized spacial score (nSPS) is 10.4. The van der Waals surface area contributed by atoms with E-state index >= 15 is 0 Å². The summed E-state index contributed by atoms with van der Waals surface area (Å²) < 4.78 is 6.66. The molecule has 2 rings (SSSR count). The number of hydrogen-bond acceptors (Lipinski definition) is 2. The molecule has 0 fully saturated rings. The number of benzene rings is 1. The molecule has 3 nitrogen and oxygen atoms in total. The van der Waals surface area contributed by atoms with Gasteiger partial charge in [0.15, 0.2) is 0 Å². The van der Waals surface area contributed by atoms with Crippen LogP contribution in [-0.2, 0) is 11.8 Å². The molecule has 0 aliphatic heterocycles. The highest BCUT2D eigenvalue weighted by molar-refractivity contribution is 6.04. The van der Waals surface area contributed by atoms with Crippen molar-refractivity contribution in [2.75, 3.05) is 7.11 Å². The third-order valence-corrected chi connectivity index (χ3v) is 2.65. The van der Waals surface area contributed by atoms with Crippen LogP contribution >= 0.6 is 0 Å². The smallest absolute Gasteiger partial charge is 0.340 e. The average molecular weight is 215 g/mol. The Balaban J connectivity index is 2.74. The molecule has 2 aromatic rings. The van der Waals surface area contributed by atoms with Gasteiger partial charge in [0.05, 0.1) is 12.7 Å². The largest absolute Gasteiger partial charge is 0.465 e. The number of aryl methyl sites for hydroxylation is 1. The number of methoxy groups -OCH3 is 1. The minimum Gasteiger partial charge on any atom is -0.465 e. The molecule has 0 bridgehead atoms. The molecule has 0 aliphatic carbocycles. The fourth-order valence-corrected chi connectivity index (χ4v) is 1.81. The van der Waals surface area contributed by atoms with Gasteiger partial charge in [-0.25, -0.2) is 4.79 Å². The van der Waals surface area contributed by atoms with Crippen molar-refractivity contribution in [1.82, 2.24) is 4.57 Å². The zero-order valence-corrected chi connectivity index (χ0v) is 9.36. The number of hydrogen-bond donors (Lipinski definition) is 0. The summed E-state index contributed by atoms with van der Waals surface area (Å²) >= 11 is 0. The Bertz CT molecular complexity index is 567. The van der Waals surface area contributed by atoms with Crippen molar-refractivity contribution < 1.29 is 9.53 Å². The second kappa shape index (κ2) is 3.85. The minimum atomic E-state index is -0.313. The second-order valence-corrected chi connectivity index (χ2v) is 3.63. The summed E-state index contributed by atoms with van der Waals surface area (Å²) in [6.45, 7) is 3.72. The molecule has 0 amide bonds. The standard InChI is InChI=1S/C13H13NO2/c1-4-9-5-6-12-10(7-9)11(8-14(12)2)13(15)16-3/h4-8H,1H2,2-3H3. The third kappa shape index (κ3) is 1.50. The van der Waals surface area contributed by atoms with Gasteiger partial charge in [0, 0.05) is 24.1 Å². The third-order valence-electron chi connectivity index (χ3n) is 2.65. The minimum absolute atomic E-state index is 0.313. The van der Waals surface area contributed by atoms with Crippen LogP contribution in [-0.4, -0.2) is 17.6 Å². The van der Waals surface area contributed by atoms with Crippen molar-refractivity contribution in [1.29, 1.82) is 0 Å². The highest BCUT2D eigenvalue weighted by Crippen LogP contribution is 2.23. The van der Waals surface area contributed by atoms with Crippen LogP contribution in [0.15, 0.2) is 31.0 Å². The molecule has 16 heavy (non-hydrogen) atoms. The van der Waals surface area contributed by atoms with E-state index in [4.69, 9.17) is 4.74 Å². The van der Waals surface area contributed by atoms with Gasteiger partial charge in [0.1, 0.15) is 0 Å². The first kappa shape index (κ1) is 10.5. The summed E-state index contributed by atoms with van der Waals surface area (Å²) in [4.78, 5) is 11.6. The van der Waals surface area contributed by atoms with Crippen molar-refractivity contribution in [3.8, 4) is 0 Å². The van der Waals surface area contributed by atoms with E-state index in [1.165, 1.54) is 7.11 Å². The van der Waals surface area contributed by atoms with Gasteiger partial charge in [-0.2, -0.15) is 0 Å². The summed E-state index contributed by atoms with van der Waals surface area (Å²) in [6.07, 6.45) is 3.54. The van der Waals surface area contributed by atoms with E-state index in [9.17, 15) is 4.79 Å². The van der Waals surface area contributed by atoms with E-state index in [0.29, 0.717) is 5.56 Å². The number of nitrogens with zero attached hydrogens (tertiary/aromatic N) is 1. The van der Waals surface area contributed by atoms with E-state index < -0.39 is 0 Å². The molecule has 1 aromatic heterocycles. The van der Waals surface area contributed by atoms with Crippen LogP contribution in [0.4, 0.5) is 0 Å². The monoisotopic (exact) mass is 215 g/mol. The van der Waals surface area contributed by atoms with Crippen molar-refractivity contribution >= 4 is 22.9 Å². The molecular weight excluding hydrogens is 202 g/mol. The van der Waals surface area contributed by atoms with Gasteiger partial charge in [-0.1, -0.05) is 18.7 Å². The van der Waals surface area contributed by atoms with Crippen LogP contribution in [0.25, 0.3) is 17.0 Å². The Kier molecular flexibility index (Phi) is 2.52. The summed E-state index contributed by atoms with van der Waals surface area (Å²) in [7, 11) is 3.29. The molecule has 0 unspecified atom stereocenters. The van der Waals surface area contributed by atoms with Gasteiger partial charge in [-0.15, -0.1) is 0 Å². The first-order valence-electron chi connectivity index (χ1n) is 4.97. The van der Waals surface area contributed by atoms with Gasteiger partial charge in [-0.05, 0) is 17.7 Å². The van der Waals surface area contributed by atoms with E-state index in [1.54, 1.807) is 12.3 Å². The Labute approximate surface area is 93.9 Å². The number of esters is 1. The van der Waals surface area contributed by atoms with Crippen molar-refractivity contribution in [2.24, 2.45) is 7.05 Å². The summed E-state index contributed by atoms with van der Waals surface area (Å²) in [5.41, 5.74) is 2.58. The van der Waals surface area contributed by atoms with E-state index in [1.807, 2.05) is 29.8 Å². The number of rotatable bonds is 2. The quantitative estimate of drug-likeness (QED) is 0.721. The molecule has 0 saturated heterocycles. The zero-order chi connectivity index (χ0) is 11.7. The maximum Gasteiger partial charge on any atom is 0.340 e. The molecule has 0 spiro atoms. The molecular formula is C13H13NO2. The molecule has 0 aliphatic rings. The first-order valence-corrected chi connectivity index (χ1v) is 4.97. The summed E-state index contributed by atoms with van der Waals surface area (Å²) in [5, 5.41) is 0.895. The zero-order valence-electron chi connectivity index (χ0n) is 9.36. The van der Waals surface area contributed by atoms with Gasteiger partial charge in [0.25, 0.3) is 0 Å². The lowest BCUT2D eigenvalue weighted by Gasteiger charge is -1.98. The lowest BCUT2D eigenvalue weighted by atomic mass is 10.1. The molecule has 1 heterocycles. The van der Waals surface area contributed by atoms with Crippen LogP contribution in [0.2, 0.25) is 0 Å². The summed E-state index contributed by atoms with van der Waals surface area (Å²) in [5.74, 6) is -0.313. The summed E-state index contributed by atoms with van der Waals surface area (Å²) in [6, 6.07) is 5.88. The molecule has 1 aromatic carbocycles. The molecule has 82 valence electrons. The van der Waals surface area contributed by atoms with Gasteiger partial charge < -0.3 is 9.30 Å². The van der Waals surface area contributed by atoms with Crippen LogP contribution in [0.1, 0.15) is 15.9 Å². The van der Waals surface area contributed by atoms with E-state index in [2.05, 4.69) is 6.58 Å². The number of aromatic nitrogens is 1. The van der Waals surface area contributed by atoms with Gasteiger partial charge in [0.2, 0.25) is 0 Å². The van der Waals surface area contributed by atoms with Crippen molar-refractivity contribution in [3.05, 3.63) is 42.1 Å². The first-order chi connectivity index (χ1) is 7.67. The molecule has 3 heteroatoms. The van der Waals surface area contributed by atoms with Crippen LogP contribution < -0.4 is 0 Å². The maximum absolute atomic E-state index is 11.6. The Morgan fingerprint density at radius 1 is 1.50 bits per heavy atom. The fourth-order valence-electron chi connectivity index (χ4n) is 1.81. The molecule has 0 radical (unpaired) electrons. The maximum atomic E-state index is 11.6. The van der Waals surface area contributed by atoms with Crippen molar-refractivity contribution in [2.45, 2.75) is 0 Å². The number of carbonyl (C=O) groups excluding carboxylic acids is 1. The van der Waals surface area contributed by atoms with Gasteiger partial charge >= 0.3 is 5.97 Å². The van der Waals surface area contributed by atoms with Crippen LogP contribution in [0, 0.1) is 0 Å². The Morgan fingerprint density at radius 2 is 2.25 bits per heavy atom. The van der Waals surface area contributed by atoms with Gasteiger partial charge in [-0.3, -0.25) is 0 Å². The second-order valence-electron chi connectivity index (χ2n) is 3.63. The Morgan fingerprint density at radius 3 is 2.88 bits per heavy atom. The molecule has 0 N–H and O–H groups in total. The Hall–Kier alpha value is -2.03. The van der Waals surface area contributed by atoms with E-state index in [-0.39, 0.29) is 5.97 Å². The average Bonchev–Trinajstić information content (AvgIpc) is 2.65. The SMILES string of the molecule is C=Cc1ccc2c(c1)c(C(=O)OC)cn2C. The highest BCUT2D eigenvalue weighted by Gasteiger charge is 2.13. The molecule has 0 saturated carbocycles. The highest BCUT2D eigenvalue weighted by atomic mass is 16.5. The molecule has 0 atom stereocenters.